The minimum Gasteiger partial charge on any atom is -0.508 e. The number of unbranched alkanes of at least 4 members (excludes halogenated alkanes) is 3. The van der Waals surface area contributed by atoms with Gasteiger partial charge in [0.25, 0.3) is 10.1 Å². The molecule has 0 radical (unpaired) electrons. The van der Waals surface area contributed by atoms with Crippen molar-refractivity contribution in [3.63, 3.8) is 0 Å². The second kappa shape index (κ2) is 8.17. The summed E-state index contributed by atoms with van der Waals surface area (Å²) in [6, 6.07) is 10.6. The zero-order chi connectivity index (χ0) is 17.6. The van der Waals surface area contributed by atoms with E-state index < -0.39 is 10.1 Å². The first-order valence-electron chi connectivity index (χ1n) is 7.97. The molecule has 0 saturated carbocycles. The van der Waals surface area contributed by atoms with Gasteiger partial charge in [0.2, 0.25) is 0 Å². The highest BCUT2D eigenvalue weighted by molar-refractivity contribution is 7.86. The van der Waals surface area contributed by atoms with E-state index in [2.05, 4.69) is 6.92 Å². The lowest BCUT2D eigenvalue weighted by atomic mass is 10.1. The summed E-state index contributed by atoms with van der Waals surface area (Å²) in [5.74, 6) is 0.541. The van der Waals surface area contributed by atoms with Crippen LogP contribution < -0.4 is 4.74 Å². The maximum atomic E-state index is 11.5. The van der Waals surface area contributed by atoms with Crippen molar-refractivity contribution in [3.8, 4) is 17.2 Å². The van der Waals surface area contributed by atoms with E-state index in [-0.39, 0.29) is 16.4 Å². The molecule has 0 saturated heterocycles. The van der Waals surface area contributed by atoms with Gasteiger partial charge in [-0.3, -0.25) is 4.55 Å². The molecule has 0 fully saturated rings. The maximum absolute atomic E-state index is 11.5. The monoisotopic (exact) mass is 350 g/mol. The Bertz CT molecular complexity index is 766. The fourth-order valence-electron chi connectivity index (χ4n) is 2.40. The lowest BCUT2D eigenvalue weighted by Crippen LogP contribution is -2.02. The van der Waals surface area contributed by atoms with Crippen LogP contribution in [0.4, 0.5) is 0 Å². The molecule has 2 aromatic carbocycles. The number of aryl methyl sites for hydroxylation is 1. The molecule has 0 aromatic heterocycles. The van der Waals surface area contributed by atoms with Crippen molar-refractivity contribution in [2.45, 2.75) is 43.9 Å². The van der Waals surface area contributed by atoms with Crippen LogP contribution in [0.5, 0.6) is 17.2 Å². The van der Waals surface area contributed by atoms with Gasteiger partial charge < -0.3 is 9.84 Å². The van der Waals surface area contributed by atoms with Crippen molar-refractivity contribution in [1.29, 1.82) is 0 Å². The van der Waals surface area contributed by atoms with E-state index in [0.717, 1.165) is 31.2 Å². The third kappa shape index (κ3) is 5.25. The first-order chi connectivity index (χ1) is 11.4. The van der Waals surface area contributed by atoms with Crippen LogP contribution in [-0.4, -0.2) is 18.1 Å². The van der Waals surface area contributed by atoms with Crippen molar-refractivity contribution in [2.24, 2.45) is 0 Å². The Morgan fingerprint density at radius 2 is 1.71 bits per heavy atom. The van der Waals surface area contributed by atoms with Crippen molar-refractivity contribution in [3.05, 3.63) is 48.0 Å². The fraction of sp³-hybridized carbons (Fsp3) is 0.333. The molecule has 0 aliphatic heterocycles. The van der Waals surface area contributed by atoms with E-state index >= 15 is 0 Å². The number of phenolic OH excluding ortho intramolecular Hbond substituents is 1. The third-order valence-electron chi connectivity index (χ3n) is 3.67. The van der Waals surface area contributed by atoms with Crippen LogP contribution in [0.1, 0.15) is 38.2 Å². The molecule has 0 aliphatic rings. The van der Waals surface area contributed by atoms with Crippen molar-refractivity contribution in [2.75, 3.05) is 0 Å². The number of phenols is 1. The second-order valence-corrected chi connectivity index (χ2v) is 7.05. The molecule has 2 rings (SSSR count). The number of benzene rings is 2. The molecule has 0 spiro atoms. The Kier molecular flexibility index (Phi) is 6.23. The van der Waals surface area contributed by atoms with E-state index in [1.54, 1.807) is 12.1 Å². The van der Waals surface area contributed by atoms with Gasteiger partial charge in [0.15, 0.2) is 0 Å². The van der Waals surface area contributed by atoms with E-state index in [4.69, 9.17) is 4.74 Å². The zero-order valence-electron chi connectivity index (χ0n) is 13.6. The lowest BCUT2D eigenvalue weighted by Gasteiger charge is -2.11. The van der Waals surface area contributed by atoms with Gasteiger partial charge in [0.1, 0.15) is 22.1 Å². The van der Waals surface area contributed by atoms with Gasteiger partial charge >= 0.3 is 0 Å². The van der Waals surface area contributed by atoms with E-state index in [9.17, 15) is 18.1 Å². The van der Waals surface area contributed by atoms with Gasteiger partial charge in [-0.25, -0.2) is 0 Å². The van der Waals surface area contributed by atoms with Crippen LogP contribution in [0, 0.1) is 0 Å². The van der Waals surface area contributed by atoms with Crippen LogP contribution in [0.15, 0.2) is 47.4 Å². The molecule has 0 amide bonds. The summed E-state index contributed by atoms with van der Waals surface area (Å²) in [7, 11) is -4.38. The minimum absolute atomic E-state index is 0.0798. The van der Waals surface area contributed by atoms with Gasteiger partial charge in [0, 0.05) is 0 Å². The number of aromatic hydroxyl groups is 1. The molecular formula is C18H22O5S. The van der Waals surface area contributed by atoms with Crippen LogP contribution in [0.25, 0.3) is 0 Å². The molecule has 6 heteroatoms. The summed E-state index contributed by atoms with van der Waals surface area (Å²) < 4.78 is 38.1. The van der Waals surface area contributed by atoms with Crippen LogP contribution >= 0.6 is 0 Å². The van der Waals surface area contributed by atoms with Crippen LogP contribution in [0.2, 0.25) is 0 Å². The smallest absolute Gasteiger partial charge is 0.298 e. The third-order valence-corrected chi connectivity index (χ3v) is 4.56. The van der Waals surface area contributed by atoms with Gasteiger partial charge in [-0.05, 0) is 54.8 Å². The SMILES string of the molecule is CCCCCCc1ccc(S(=O)(=O)O)c(Oc2ccc(O)cc2)c1. The average molecular weight is 350 g/mol. The molecule has 24 heavy (non-hydrogen) atoms. The van der Waals surface area contributed by atoms with E-state index in [1.165, 1.54) is 36.8 Å². The Morgan fingerprint density at radius 1 is 1.00 bits per heavy atom. The Morgan fingerprint density at radius 3 is 2.33 bits per heavy atom. The van der Waals surface area contributed by atoms with Crippen molar-refractivity contribution < 1.29 is 22.8 Å². The normalized spacial score (nSPS) is 11.4. The van der Waals surface area contributed by atoms with Crippen LogP contribution in [-0.2, 0) is 16.5 Å². The minimum atomic E-state index is -4.38. The Hall–Kier alpha value is -2.05. The number of ether oxygens (including phenoxy) is 1. The molecule has 2 N–H and O–H groups in total. The predicted molar refractivity (Wildman–Crippen MR) is 92.3 cm³/mol. The van der Waals surface area contributed by atoms with E-state index in [0.29, 0.717) is 5.75 Å². The number of hydrogen-bond donors (Lipinski definition) is 2. The number of hydrogen-bond acceptors (Lipinski definition) is 4. The van der Waals surface area contributed by atoms with Gasteiger partial charge in [-0.15, -0.1) is 0 Å². The Balaban J connectivity index is 2.25. The summed E-state index contributed by atoms with van der Waals surface area (Å²) >= 11 is 0. The summed E-state index contributed by atoms with van der Waals surface area (Å²) in [6.45, 7) is 2.14. The van der Waals surface area contributed by atoms with Gasteiger partial charge in [-0.2, -0.15) is 8.42 Å². The lowest BCUT2D eigenvalue weighted by molar-refractivity contribution is 0.445. The van der Waals surface area contributed by atoms with Crippen molar-refractivity contribution >= 4 is 10.1 Å². The molecule has 0 aliphatic carbocycles. The molecular weight excluding hydrogens is 328 g/mol. The second-order valence-electron chi connectivity index (χ2n) is 5.66. The molecule has 5 nitrogen and oxygen atoms in total. The summed E-state index contributed by atoms with van der Waals surface area (Å²) in [4.78, 5) is -0.270. The van der Waals surface area contributed by atoms with Gasteiger partial charge in [0.05, 0.1) is 0 Å². The first kappa shape index (κ1) is 18.3. The van der Waals surface area contributed by atoms with Gasteiger partial charge in [-0.1, -0.05) is 32.3 Å². The van der Waals surface area contributed by atoms with E-state index in [1.807, 2.05) is 0 Å². The molecule has 0 bridgehead atoms. The molecule has 2 aromatic rings. The molecule has 0 heterocycles. The molecule has 0 atom stereocenters. The summed E-state index contributed by atoms with van der Waals surface area (Å²) in [5.41, 5.74) is 0.951. The highest BCUT2D eigenvalue weighted by atomic mass is 32.2. The molecule has 0 unspecified atom stereocenters. The summed E-state index contributed by atoms with van der Waals surface area (Å²) in [5, 5.41) is 9.30. The zero-order valence-corrected chi connectivity index (χ0v) is 14.4. The maximum Gasteiger partial charge on any atom is 0.298 e. The molecule has 130 valence electrons. The quantitative estimate of drug-likeness (QED) is 0.539. The average Bonchev–Trinajstić information content (AvgIpc) is 2.53. The largest absolute Gasteiger partial charge is 0.508 e. The first-order valence-corrected chi connectivity index (χ1v) is 9.41. The summed E-state index contributed by atoms with van der Waals surface area (Å²) in [6.07, 6.45) is 5.26. The highest BCUT2D eigenvalue weighted by Gasteiger charge is 2.18. The fourth-order valence-corrected chi connectivity index (χ4v) is 2.99. The Labute approximate surface area is 142 Å². The van der Waals surface area contributed by atoms with Crippen molar-refractivity contribution in [1.82, 2.24) is 0 Å². The number of rotatable bonds is 8. The van der Waals surface area contributed by atoms with Crippen LogP contribution in [0.3, 0.4) is 0 Å². The predicted octanol–water partition coefficient (Wildman–Crippen LogP) is 4.55. The highest BCUT2D eigenvalue weighted by Crippen LogP contribution is 2.31. The topological polar surface area (TPSA) is 83.8 Å². The standard InChI is InChI=1S/C18H22O5S/c1-2-3-4-5-6-14-7-12-18(24(20,21)22)17(13-14)23-16-10-8-15(19)9-11-16/h7-13,19H,2-6H2,1H3,(H,20,21,22).